The van der Waals surface area contributed by atoms with Crippen LogP contribution >= 0.6 is 0 Å². The lowest BCUT2D eigenvalue weighted by Gasteiger charge is -2.20. The van der Waals surface area contributed by atoms with Crippen LogP contribution in [0.1, 0.15) is 6.42 Å². The highest BCUT2D eigenvalue weighted by molar-refractivity contribution is 5.89. The van der Waals surface area contributed by atoms with Gasteiger partial charge in [-0.2, -0.15) is 0 Å². The van der Waals surface area contributed by atoms with E-state index in [1.165, 1.54) is 0 Å². The van der Waals surface area contributed by atoms with Crippen molar-refractivity contribution in [2.24, 2.45) is 5.73 Å². The molecule has 8 nitrogen and oxygen atoms in total. The van der Waals surface area contributed by atoms with Crippen LogP contribution < -0.4 is 5.73 Å². The minimum Gasteiger partial charge on any atom is -0.480 e. The molecule has 5 N–H and O–H groups in total. The number of likely N-dealkylation sites (tertiary alicyclic amines) is 1. The molecule has 2 atom stereocenters. The monoisotopic (exact) mass is 232 g/mol. The molecular formula is C8H12N2O6. The topological polar surface area (TPSA) is 141 Å². The fourth-order valence-electron chi connectivity index (χ4n) is 1.66. The van der Waals surface area contributed by atoms with E-state index < -0.39 is 42.6 Å². The van der Waals surface area contributed by atoms with Crippen LogP contribution in [0, 0.1) is 0 Å². The summed E-state index contributed by atoms with van der Waals surface area (Å²) in [7, 11) is 0. The number of amides is 1. The quantitative estimate of drug-likeness (QED) is 0.419. The number of hydrogen-bond donors (Lipinski definition) is 4. The summed E-state index contributed by atoms with van der Waals surface area (Å²) in [5.41, 5.74) is 3.70. The van der Waals surface area contributed by atoms with Crippen molar-refractivity contribution < 1.29 is 29.7 Å². The summed E-state index contributed by atoms with van der Waals surface area (Å²) in [5, 5.41) is 26.3. The zero-order valence-electron chi connectivity index (χ0n) is 8.29. The molecule has 0 aromatic carbocycles. The Morgan fingerprint density at radius 1 is 1.38 bits per heavy atom. The standard InChI is InChI=1S/C8H12N2O6/c9-8(7(15)16)1-4(6(13)14)10(3-8)5(12)2-11/h4,11H,1-3,9H2,(H,13,14)(H,15,16)/t4-,8+/m1/s1. The van der Waals surface area contributed by atoms with E-state index in [0.29, 0.717) is 0 Å². The van der Waals surface area contributed by atoms with E-state index in [1.54, 1.807) is 0 Å². The first-order valence-corrected chi connectivity index (χ1v) is 4.47. The molecule has 0 saturated carbocycles. The summed E-state index contributed by atoms with van der Waals surface area (Å²) in [6.45, 7) is -1.29. The van der Waals surface area contributed by atoms with Crippen molar-refractivity contribution in [3.05, 3.63) is 0 Å². The number of aliphatic carboxylic acids is 2. The molecule has 16 heavy (non-hydrogen) atoms. The molecule has 1 aliphatic rings. The van der Waals surface area contributed by atoms with Crippen LogP contribution in [0.25, 0.3) is 0 Å². The van der Waals surface area contributed by atoms with Crippen LogP contribution in [-0.2, 0) is 14.4 Å². The van der Waals surface area contributed by atoms with Gasteiger partial charge in [0.25, 0.3) is 0 Å². The number of carboxylic acids is 2. The third-order valence-electron chi connectivity index (χ3n) is 2.55. The Kier molecular flexibility index (Phi) is 3.15. The number of rotatable bonds is 3. The minimum absolute atomic E-state index is 0.372. The largest absolute Gasteiger partial charge is 0.480 e. The molecule has 1 saturated heterocycles. The number of carboxylic acid groups (broad SMARTS) is 2. The lowest BCUT2D eigenvalue weighted by molar-refractivity contribution is -0.149. The predicted molar refractivity (Wildman–Crippen MR) is 49.4 cm³/mol. The zero-order valence-corrected chi connectivity index (χ0v) is 8.29. The van der Waals surface area contributed by atoms with Gasteiger partial charge < -0.3 is 26.0 Å². The third-order valence-corrected chi connectivity index (χ3v) is 2.55. The van der Waals surface area contributed by atoms with Crippen molar-refractivity contribution in [1.82, 2.24) is 4.90 Å². The number of carbonyl (C=O) groups excluding carboxylic acids is 1. The number of hydrogen-bond acceptors (Lipinski definition) is 5. The highest BCUT2D eigenvalue weighted by Crippen LogP contribution is 2.25. The van der Waals surface area contributed by atoms with Gasteiger partial charge in [-0.15, -0.1) is 0 Å². The van der Waals surface area contributed by atoms with Crippen LogP contribution in [-0.4, -0.2) is 62.8 Å². The van der Waals surface area contributed by atoms with Gasteiger partial charge in [0.05, 0.1) is 6.54 Å². The van der Waals surface area contributed by atoms with E-state index in [2.05, 4.69) is 0 Å². The second-order valence-corrected chi connectivity index (χ2v) is 3.70. The van der Waals surface area contributed by atoms with E-state index in [0.717, 1.165) is 4.90 Å². The van der Waals surface area contributed by atoms with Crippen LogP contribution in [0.5, 0.6) is 0 Å². The second-order valence-electron chi connectivity index (χ2n) is 3.70. The molecule has 1 heterocycles. The molecule has 0 spiro atoms. The molecule has 0 unspecified atom stereocenters. The van der Waals surface area contributed by atoms with Gasteiger partial charge in [0.1, 0.15) is 18.2 Å². The molecule has 8 heteroatoms. The number of aliphatic hydroxyl groups is 1. The van der Waals surface area contributed by atoms with Crippen molar-refractivity contribution in [3.8, 4) is 0 Å². The molecule has 1 fully saturated rings. The SMILES string of the molecule is N[C@@]1(C(=O)O)C[C@H](C(=O)O)N(C(=O)CO)C1. The van der Waals surface area contributed by atoms with Crippen molar-refractivity contribution in [3.63, 3.8) is 0 Å². The summed E-state index contributed by atoms with van der Waals surface area (Å²) in [5.74, 6) is -3.55. The van der Waals surface area contributed by atoms with E-state index >= 15 is 0 Å². The first kappa shape index (κ1) is 12.4. The molecule has 0 aromatic heterocycles. The molecule has 0 radical (unpaired) electrons. The predicted octanol–water partition coefficient (Wildman–Crippen LogP) is -2.55. The molecule has 0 aliphatic carbocycles. The number of nitrogens with two attached hydrogens (primary N) is 1. The Balaban J connectivity index is 2.97. The van der Waals surface area contributed by atoms with E-state index in [9.17, 15) is 14.4 Å². The lowest BCUT2D eigenvalue weighted by atomic mass is 9.98. The summed E-state index contributed by atoms with van der Waals surface area (Å²) < 4.78 is 0. The Morgan fingerprint density at radius 2 is 1.94 bits per heavy atom. The van der Waals surface area contributed by atoms with E-state index in [4.69, 9.17) is 21.1 Å². The fraction of sp³-hybridized carbons (Fsp3) is 0.625. The van der Waals surface area contributed by atoms with Gasteiger partial charge >= 0.3 is 11.9 Å². The highest BCUT2D eigenvalue weighted by Gasteiger charge is 2.51. The molecule has 1 rings (SSSR count). The number of nitrogens with zero attached hydrogens (tertiary/aromatic N) is 1. The van der Waals surface area contributed by atoms with Gasteiger partial charge in [-0.1, -0.05) is 0 Å². The lowest BCUT2D eigenvalue weighted by Crippen LogP contribution is -2.50. The Labute approximate surface area is 90.3 Å². The van der Waals surface area contributed by atoms with Gasteiger partial charge in [0, 0.05) is 6.42 Å². The van der Waals surface area contributed by atoms with Crippen molar-refractivity contribution >= 4 is 17.8 Å². The average molecular weight is 232 g/mol. The smallest absolute Gasteiger partial charge is 0.326 e. The van der Waals surface area contributed by atoms with Crippen LogP contribution in [0.15, 0.2) is 0 Å². The van der Waals surface area contributed by atoms with Gasteiger partial charge in [-0.25, -0.2) is 4.79 Å². The van der Waals surface area contributed by atoms with Crippen LogP contribution in [0.3, 0.4) is 0 Å². The highest BCUT2D eigenvalue weighted by atomic mass is 16.4. The summed E-state index contributed by atoms with van der Waals surface area (Å²) in [6, 6.07) is -1.30. The maximum absolute atomic E-state index is 11.2. The van der Waals surface area contributed by atoms with Crippen LogP contribution in [0.2, 0.25) is 0 Å². The summed E-state index contributed by atoms with van der Waals surface area (Å²) in [6.07, 6.45) is -0.372. The molecule has 0 bridgehead atoms. The maximum atomic E-state index is 11.2. The normalized spacial score (nSPS) is 29.1. The maximum Gasteiger partial charge on any atom is 0.326 e. The zero-order chi connectivity index (χ0) is 12.5. The van der Waals surface area contributed by atoms with E-state index in [1.807, 2.05) is 0 Å². The Bertz CT molecular complexity index is 343. The van der Waals surface area contributed by atoms with Gasteiger partial charge in [-0.3, -0.25) is 9.59 Å². The first-order chi connectivity index (χ1) is 7.31. The third kappa shape index (κ3) is 1.97. The van der Waals surface area contributed by atoms with E-state index in [-0.39, 0.29) is 6.42 Å². The van der Waals surface area contributed by atoms with Crippen molar-refractivity contribution in [2.45, 2.75) is 18.0 Å². The molecule has 0 aromatic rings. The van der Waals surface area contributed by atoms with Crippen LogP contribution in [0.4, 0.5) is 0 Å². The molecular weight excluding hydrogens is 220 g/mol. The average Bonchev–Trinajstić information content (AvgIpc) is 2.57. The minimum atomic E-state index is -1.77. The molecule has 1 aliphatic heterocycles. The summed E-state index contributed by atoms with van der Waals surface area (Å²) in [4.78, 5) is 33.6. The van der Waals surface area contributed by atoms with Gasteiger partial charge in [0.2, 0.25) is 5.91 Å². The second kappa shape index (κ2) is 4.06. The van der Waals surface area contributed by atoms with Gasteiger partial charge in [0.15, 0.2) is 0 Å². The van der Waals surface area contributed by atoms with Crippen molar-refractivity contribution in [2.75, 3.05) is 13.2 Å². The summed E-state index contributed by atoms with van der Waals surface area (Å²) >= 11 is 0. The Hall–Kier alpha value is -1.67. The fourth-order valence-corrected chi connectivity index (χ4v) is 1.66. The molecule has 1 amide bonds. The first-order valence-electron chi connectivity index (χ1n) is 4.47. The number of aliphatic hydroxyl groups excluding tert-OH is 1. The van der Waals surface area contributed by atoms with Crippen molar-refractivity contribution in [1.29, 1.82) is 0 Å². The number of carbonyl (C=O) groups is 3. The molecule has 90 valence electrons. The van der Waals surface area contributed by atoms with Gasteiger partial charge in [-0.05, 0) is 0 Å². The Morgan fingerprint density at radius 3 is 2.31 bits per heavy atom.